The van der Waals surface area contributed by atoms with Crippen LogP contribution in [0.2, 0.25) is 0 Å². The molecular weight excluding hydrogens is 246 g/mol. The zero-order valence-electron chi connectivity index (χ0n) is 11.7. The maximum Gasteiger partial charge on any atom is 0.137 e. The first-order chi connectivity index (χ1) is 9.74. The van der Waals surface area contributed by atoms with E-state index >= 15 is 0 Å². The fourth-order valence-corrected chi connectivity index (χ4v) is 2.32. The molecule has 2 aromatic carbocycles. The first-order valence-electron chi connectivity index (χ1n) is 6.77. The number of nitrogens with one attached hydrogen (secondary N) is 1. The highest BCUT2D eigenvalue weighted by molar-refractivity contribution is 5.89. The lowest BCUT2D eigenvalue weighted by Crippen LogP contribution is -2.08. The minimum Gasteiger partial charge on any atom is -0.363 e. The predicted molar refractivity (Wildman–Crippen MR) is 82.8 cm³/mol. The van der Waals surface area contributed by atoms with Crippen LogP contribution in [0.1, 0.15) is 24.1 Å². The molecule has 0 aliphatic heterocycles. The first kappa shape index (κ1) is 12.6. The van der Waals surface area contributed by atoms with E-state index in [1.807, 2.05) is 12.1 Å². The second-order valence-electron chi connectivity index (χ2n) is 5.02. The summed E-state index contributed by atoms with van der Waals surface area (Å²) < 4.78 is 0. The van der Waals surface area contributed by atoms with Crippen molar-refractivity contribution in [3.63, 3.8) is 0 Å². The summed E-state index contributed by atoms with van der Waals surface area (Å²) in [5.74, 6) is 0.884. The van der Waals surface area contributed by atoms with Gasteiger partial charge in [-0.2, -0.15) is 0 Å². The number of nitrogens with zero attached hydrogens (tertiary/aromatic N) is 2. The van der Waals surface area contributed by atoms with Gasteiger partial charge in [-0.15, -0.1) is 0 Å². The van der Waals surface area contributed by atoms with Crippen molar-refractivity contribution in [2.24, 2.45) is 0 Å². The summed E-state index contributed by atoms with van der Waals surface area (Å²) in [7, 11) is 0. The van der Waals surface area contributed by atoms with Crippen molar-refractivity contribution in [2.75, 3.05) is 5.32 Å². The van der Waals surface area contributed by atoms with E-state index in [-0.39, 0.29) is 6.04 Å². The smallest absolute Gasteiger partial charge is 0.137 e. The van der Waals surface area contributed by atoms with Gasteiger partial charge in [-0.05, 0) is 31.5 Å². The maximum absolute atomic E-state index is 4.39. The number of anilines is 1. The van der Waals surface area contributed by atoms with E-state index in [1.165, 1.54) is 11.1 Å². The van der Waals surface area contributed by atoms with Gasteiger partial charge in [-0.25, -0.2) is 9.97 Å². The van der Waals surface area contributed by atoms with Gasteiger partial charge in [0.25, 0.3) is 0 Å². The van der Waals surface area contributed by atoms with E-state index in [0.717, 1.165) is 16.7 Å². The molecule has 0 saturated carbocycles. The molecule has 0 unspecified atom stereocenters. The van der Waals surface area contributed by atoms with Gasteiger partial charge in [-0.3, -0.25) is 0 Å². The Hall–Kier alpha value is -2.42. The van der Waals surface area contributed by atoms with E-state index < -0.39 is 0 Å². The molecule has 1 atom stereocenters. The van der Waals surface area contributed by atoms with Crippen LogP contribution in [0.3, 0.4) is 0 Å². The Morgan fingerprint density at radius 3 is 2.60 bits per heavy atom. The number of aromatic nitrogens is 2. The molecule has 3 heteroatoms. The third-order valence-corrected chi connectivity index (χ3v) is 3.44. The van der Waals surface area contributed by atoms with Crippen LogP contribution in [-0.2, 0) is 0 Å². The lowest BCUT2D eigenvalue weighted by molar-refractivity contribution is 0.876. The second-order valence-corrected chi connectivity index (χ2v) is 5.02. The summed E-state index contributed by atoms with van der Waals surface area (Å²) in [4.78, 5) is 8.70. The monoisotopic (exact) mass is 263 g/mol. The lowest BCUT2D eigenvalue weighted by atomic mass is 10.1. The standard InChI is InChI=1S/C17H17N3/c1-12-8-9-16-15(10-12)17(19-11-18-16)20-13(2)14-6-4-3-5-7-14/h3-11,13H,1-2H3,(H,18,19,20)/t13-/m0/s1. The summed E-state index contributed by atoms with van der Waals surface area (Å²) >= 11 is 0. The average Bonchev–Trinajstić information content (AvgIpc) is 2.49. The summed E-state index contributed by atoms with van der Waals surface area (Å²) in [6.45, 7) is 4.22. The number of aryl methyl sites for hydroxylation is 1. The van der Waals surface area contributed by atoms with E-state index in [4.69, 9.17) is 0 Å². The predicted octanol–water partition coefficient (Wildman–Crippen LogP) is 4.11. The van der Waals surface area contributed by atoms with Crippen molar-refractivity contribution >= 4 is 16.7 Å². The molecule has 0 bridgehead atoms. The fraction of sp³-hybridized carbons (Fsp3) is 0.176. The third-order valence-electron chi connectivity index (χ3n) is 3.44. The third kappa shape index (κ3) is 2.48. The molecule has 0 radical (unpaired) electrons. The highest BCUT2D eigenvalue weighted by atomic mass is 15.0. The Balaban J connectivity index is 1.97. The molecule has 0 amide bonds. The Labute approximate surface area is 118 Å². The summed E-state index contributed by atoms with van der Waals surface area (Å²) in [6.07, 6.45) is 1.61. The number of hydrogen-bond donors (Lipinski definition) is 1. The van der Waals surface area contributed by atoms with Crippen LogP contribution < -0.4 is 5.32 Å². The van der Waals surface area contributed by atoms with Gasteiger partial charge >= 0.3 is 0 Å². The van der Waals surface area contributed by atoms with Crippen molar-refractivity contribution in [2.45, 2.75) is 19.9 Å². The molecule has 1 heterocycles. The Morgan fingerprint density at radius 1 is 1.00 bits per heavy atom. The van der Waals surface area contributed by atoms with E-state index in [2.05, 4.69) is 65.5 Å². The van der Waals surface area contributed by atoms with Gasteiger partial charge in [0.05, 0.1) is 5.52 Å². The number of rotatable bonds is 3. The summed E-state index contributed by atoms with van der Waals surface area (Å²) in [5, 5.41) is 4.54. The molecule has 1 aromatic heterocycles. The minimum absolute atomic E-state index is 0.204. The molecule has 0 aliphatic rings. The second kappa shape index (κ2) is 5.29. The van der Waals surface area contributed by atoms with Crippen LogP contribution in [0.4, 0.5) is 5.82 Å². The lowest BCUT2D eigenvalue weighted by Gasteiger charge is -2.16. The largest absolute Gasteiger partial charge is 0.363 e. The zero-order chi connectivity index (χ0) is 13.9. The highest BCUT2D eigenvalue weighted by Crippen LogP contribution is 2.24. The quantitative estimate of drug-likeness (QED) is 0.772. The zero-order valence-corrected chi connectivity index (χ0v) is 11.7. The average molecular weight is 263 g/mol. The number of benzene rings is 2. The minimum atomic E-state index is 0.204. The Kier molecular flexibility index (Phi) is 3.33. The normalized spacial score (nSPS) is 12.3. The van der Waals surface area contributed by atoms with Gasteiger partial charge < -0.3 is 5.32 Å². The molecule has 3 aromatic rings. The van der Waals surface area contributed by atoms with Crippen LogP contribution in [0, 0.1) is 6.92 Å². The molecule has 0 spiro atoms. The fourth-order valence-electron chi connectivity index (χ4n) is 2.32. The maximum atomic E-state index is 4.39. The van der Waals surface area contributed by atoms with Crippen LogP contribution in [-0.4, -0.2) is 9.97 Å². The van der Waals surface area contributed by atoms with Crippen LogP contribution >= 0.6 is 0 Å². The van der Waals surface area contributed by atoms with Gasteiger partial charge in [-0.1, -0.05) is 42.0 Å². The number of fused-ring (bicyclic) bond motifs is 1. The Morgan fingerprint density at radius 2 is 1.80 bits per heavy atom. The molecular formula is C17H17N3. The van der Waals surface area contributed by atoms with Crippen molar-refractivity contribution in [3.05, 3.63) is 66.0 Å². The molecule has 1 N–H and O–H groups in total. The molecule has 0 saturated heterocycles. The molecule has 100 valence electrons. The SMILES string of the molecule is Cc1ccc2ncnc(N[C@@H](C)c3ccccc3)c2c1. The van der Waals surface area contributed by atoms with Gasteiger partial charge in [0.1, 0.15) is 12.1 Å². The van der Waals surface area contributed by atoms with E-state index in [9.17, 15) is 0 Å². The molecule has 0 aliphatic carbocycles. The molecule has 3 nitrogen and oxygen atoms in total. The van der Waals surface area contributed by atoms with Gasteiger partial charge in [0, 0.05) is 11.4 Å². The highest BCUT2D eigenvalue weighted by Gasteiger charge is 2.09. The van der Waals surface area contributed by atoms with Crippen LogP contribution in [0.15, 0.2) is 54.9 Å². The van der Waals surface area contributed by atoms with Crippen molar-refractivity contribution in [3.8, 4) is 0 Å². The van der Waals surface area contributed by atoms with Crippen molar-refractivity contribution in [1.29, 1.82) is 0 Å². The van der Waals surface area contributed by atoms with Crippen LogP contribution in [0.5, 0.6) is 0 Å². The van der Waals surface area contributed by atoms with Crippen molar-refractivity contribution < 1.29 is 0 Å². The van der Waals surface area contributed by atoms with Gasteiger partial charge in [0.2, 0.25) is 0 Å². The first-order valence-corrected chi connectivity index (χ1v) is 6.77. The Bertz CT molecular complexity index is 723. The summed E-state index contributed by atoms with van der Waals surface area (Å²) in [5.41, 5.74) is 3.42. The van der Waals surface area contributed by atoms with Crippen LogP contribution in [0.25, 0.3) is 10.9 Å². The molecule has 0 fully saturated rings. The number of hydrogen-bond acceptors (Lipinski definition) is 3. The molecule has 20 heavy (non-hydrogen) atoms. The van der Waals surface area contributed by atoms with E-state index in [0.29, 0.717) is 0 Å². The van der Waals surface area contributed by atoms with Crippen molar-refractivity contribution in [1.82, 2.24) is 9.97 Å². The summed E-state index contributed by atoms with van der Waals surface area (Å²) in [6, 6.07) is 16.8. The topological polar surface area (TPSA) is 37.8 Å². The van der Waals surface area contributed by atoms with Gasteiger partial charge in [0.15, 0.2) is 0 Å². The molecule has 3 rings (SSSR count). The van der Waals surface area contributed by atoms with E-state index in [1.54, 1.807) is 6.33 Å².